The van der Waals surface area contributed by atoms with Gasteiger partial charge in [0.15, 0.2) is 0 Å². The Kier molecular flexibility index (Phi) is 7.22. The number of hydrogen-bond donors (Lipinski definition) is 1. The molecule has 0 bridgehead atoms. The van der Waals surface area contributed by atoms with Crippen LogP contribution in [0.2, 0.25) is 0 Å². The van der Waals surface area contributed by atoms with Gasteiger partial charge in [0.1, 0.15) is 5.01 Å². The van der Waals surface area contributed by atoms with Gasteiger partial charge in [0, 0.05) is 29.5 Å². The average molecular weight is 467 g/mol. The Balaban J connectivity index is 1.42. The van der Waals surface area contributed by atoms with Crippen molar-refractivity contribution in [3.63, 3.8) is 0 Å². The fourth-order valence-corrected chi connectivity index (χ4v) is 5.54. The first-order chi connectivity index (χ1) is 15.5. The van der Waals surface area contributed by atoms with Crippen molar-refractivity contribution < 1.29 is 9.59 Å². The van der Waals surface area contributed by atoms with Crippen LogP contribution >= 0.6 is 23.1 Å². The summed E-state index contributed by atoms with van der Waals surface area (Å²) in [6, 6.07) is 15.6. The van der Waals surface area contributed by atoms with Crippen molar-refractivity contribution >= 4 is 45.7 Å². The lowest BCUT2D eigenvalue weighted by atomic mass is 10.1. The summed E-state index contributed by atoms with van der Waals surface area (Å²) in [5, 5.41) is 12.6. The topological polar surface area (TPSA) is 75.2 Å². The van der Waals surface area contributed by atoms with Crippen molar-refractivity contribution in [1.82, 2.24) is 10.2 Å². The van der Waals surface area contributed by atoms with Crippen LogP contribution in [-0.2, 0) is 4.79 Å². The van der Waals surface area contributed by atoms with Gasteiger partial charge < -0.3 is 4.90 Å². The number of hydrogen-bond acceptors (Lipinski definition) is 6. The minimum Gasteiger partial charge on any atom is -0.312 e. The van der Waals surface area contributed by atoms with Gasteiger partial charge in [-0.2, -0.15) is 0 Å². The quantitative estimate of drug-likeness (QED) is 0.350. The number of carbonyl (C=O) groups excluding carboxylic acids is 2. The van der Waals surface area contributed by atoms with E-state index in [-0.39, 0.29) is 17.7 Å². The predicted octanol–water partition coefficient (Wildman–Crippen LogP) is 5.51. The Hall–Kier alpha value is -2.71. The number of nitrogens with zero attached hydrogens (tertiary/aromatic N) is 3. The van der Waals surface area contributed by atoms with E-state index < -0.39 is 0 Å². The summed E-state index contributed by atoms with van der Waals surface area (Å²) in [5.74, 6) is 0.856. The summed E-state index contributed by atoms with van der Waals surface area (Å²) in [5.41, 5.74) is 2.71. The number of thioether (sulfide) groups is 1. The highest BCUT2D eigenvalue weighted by Gasteiger charge is 2.34. The zero-order valence-corrected chi connectivity index (χ0v) is 19.8. The number of aryl methyl sites for hydroxylation is 1. The number of anilines is 2. The lowest BCUT2D eigenvalue weighted by molar-refractivity contribution is -0.117. The van der Waals surface area contributed by atoms with E-state index >= 15 is 0 Å². The van der Waals surface area contributed by atoms with Crippen molar-refractivity contribution in [1.29, 1.82) is 0 Å². The molecule has 8 heteroatoms. The Labute approximate surface area is 196 Å². The van der Waals surface area contributed by atoms with E-state index in [4.69, 9.17) is 0 Å². The second-order valence-corrected chi connectivity index (χ2v) is 9.98. The van der Waals surface area contributed by atoms with Crippen LogP contribution in [0.4, 0.5) is 10.8 Å². The maximum absolute atomic E-state index is 12.9. The molecule has 0 radical (unpaired) electrons. The number of rotatable bonds is 8. The summed E-state index contributed by atoms with van der Waals surface area (Å²) < 4.78 is 0. The van der Waals surface area contributed by atoms with E-state index in [1.165, 1.54) is 11.3 Å². The molecule has 0 spiro atoms. The van der Waals surface area contributed by atoms with E-state index in [2.05, 4.69) is 22.4 Å². The zero-order chi connectivity index (χ0) is 22.5. The minimum atomic E-state index is -0.184. The molecule has 166 valence electrons. The van der Waals surface area contributed by atoms with Crippen molar-refractivity contribution in [2.24, 2.45) is 0 Å². The normalized spacial score (nSPS) is 15.9. The molecule has 0 saturated carbocycles. The lowest BCUT2D eigenvalue weighted by Crippen LogP contribution is -2.24. The molecule has 1 fully saturated rings. The molecule has 2 amide bonds. The van der Waals surface area contributed by atoms with Gasteiger partial charge in [0.2, 0.25) is 11.0 Å². The van der Waals surface area contributed by atoms with Gasteiger partial charge in [0.25, 0.3) is 5.91 Å². The van der Waals surface area contributed by atoms with Crippen LogP contribution in [-0.4, -0.2) is 34.3 Å². The molecule has 0 aliphatic carbocycles. The van der Waals surface area contributed by atoms with E-state index in [1.807, 2.05) is 55.5 Å². The first-order valence-electron chi connectivity index (χ1n) is 10.8. The van der Waals surface area contributed by atoms with Gasteiger partial charge in [-0.25, -0.2) is 0 Å². The third kappa shape index (κ3) is 5.19. The minimum absolute atomic E-state index is 0.0242. The summed E-state index contributed by atoms with van der Waals surface area (Å²) in [6.07, 6.45) is 2.63. The first kappa shape index (κ1) is 22.5. The molecular weight excluding hydrogens is 440 g/mol. The van der Waals surface area contributed by atoms with Gasteiger partial charge in [-0.3, -0.25) is 14.9 Å². The Morgan fingerprint density at radius 3 is 2.75 bits per heavy atom. The Bertz CT molecular complexity index is 1100. The standard InChI is InChI=1S/C24H26N4O2S2/c1-3-4-13-31-20-8-6-5-7-19(20)22(30)25-24-27-26-23(32-24)17-14-21(29)28(15-17)18-11-9-16(2)10-12-18/h5-12,17H,3-4,13-15H2,1-2H3,(H,25,27,30). The predicted molar refractivity (Wildman–Crippen MR) is 131 cm³/mol. The molecule has 1 aliphatic heterocycles. The van der Waals surface area contributed by atoms with Crippen LogP contribution in [0.15, 0.2) is 53.4 Å². The SMILES string of the molecule is CCCCSc1ccccc1C(=O)Nc1nnc(C2CC(=O)N(c3ccc(C)cc3)C2)s1. The monoisotopic (exact) mass is 466 g/mol. The molecule has 1 atom stereocenters. The van der Waals surface area contributed by atoms with Gasteiger partial charge in [-0.05, 0) is 43.4 Å². The average Bonchev–Trinajstić information content (AvgIpc) is 3.41. The van der Waals surface area contributed by atoms with Crippen LogP contribution in [0.5, 0.6) is 0 Å². The molecule has 1 aromatic heterocycles. The molecule has 1 N–H and O–H groups in total. The van der Waals surface area contributed by atoms with Gasteiger partial charge in [-0.15, -0.1) is 22.0 Å². The van der Waals surface area contributed by atoms with Crippen LogP contribution in [0.3, 0.4) is 0 Å². The maximum atomic E-state index is 12.9. The van der Waals surface area contributed by atoms with E-state index in [1.54, 1.807) is 16.7 Å². The lowest BCUT2D eigenvalue weighted by Gasteiger charge is -2.16. The largest absolute Gasteiger partial charge is 0.312 e. The van der Waals surface area contributed by atoms with Crippen molar-refractivity contribution in [3.05, 3.63) is 64.7 Å². The molecule has 3 aromatic rings. The highest BCUT2D eigenvalue weighted by atomic mass is 32.2. The second kappa shape index (κ2) is 10.3. The van der Waals surface area contributed by atoms with Gasteiger partial charge in [0.05, 0.1) is 5.56 Å². The summed E-state index contributed by atoms with van der Waals surface area (Å²) in [4.78, 5) is 28.2. The fraction of sp³-hybridized carbons (Fsp3) is 0.333. The fourth-order valence-electron chi connectivity index (χ4n) is 3.57. The van der Waals surface area contributed by atoms with Crippen LogP contribution in [0.25, 0.3) is 0 Å². The number of carbonyl (C=O) groups is 2. The third-order valence-corrected chi connectivity index (χ3v) is 7.53. The molecule has 4 rings (SSSR count). The molecule has 2 aromatic carbocycles. The van der Waals surface area contributed by atoms with Gasteiger partial charge in [-0.1, -0.05) is 54.5 Å². The van der Waals surface area contributed by atoms with Crippen molar-refractivity contribution in [2.75, 3.05) is 22.5 Å². The molecule has 1 unspecified atom stereocenters. The Morgan fingerprint density at radius 1 is 1.19 bits per heavy atom. The summed E-state index contributed by atoms with van der Waals surface area (Å²) in [7, 11) is 0. The summed E-state index contributed by atoms with van der Waals surface area (Å²) >= 11 is 3.04. The van der Waals surface area contributed by atoms with E-state index in [0.717, 1.165) is 39.7 Å². The molecule has 6 nitrogen and oxygen atoms in total. The molecule has 32 heavy (non-hydrogen) atoms. The molecule has 2 heterocycles. The molecule has 1 saturated heterocycles. The van der Waals surface area contributed by atoms with Crippen molar-refractivity contribution in [3.8, 4) is 0 Å². The van der Waals surface area contributed by atoms with E-state index in [0.29, 0.717) is 23.7 Å². The Morgan fingerprint density at radius 2 is 1.97 bits per heavy atom. The highest BCUT2D eigenvalue weighted by molar-refractivity contribution is 7.99. The maximum Gasteiger partial charge on any atom is 0.258 e. The van der Waals surface area contributed by atoms with Crippen LogP contribution in [0.1, 0.15) is 53.0 Å². The van der Waals surface area contributed by atoms with Crippen molar-refractivity contribution in [2.45, 2.75) is 43.9 Å². The number of benzene rings is 2. The number of nitrogens with one attached hydrogen (secondary N) is 1. The van der Waals surface area contributed by atoms with Gasteiger partial charge >= 0.3 is 0 Å². The third-order valence-electron chi connectivity index (χ3n) is 5.37. The van der Waals surface area contributed by atoms with E-state index in [9.17, 15) is 9.59 Å². The molecule has 1 aliphatic rings. The number of amides is 2. The number of aromatic nitrogens is 2. The van der Waals surface area contributed by atoms with Crippen LogP contribution < -0.4 is 10.2 Å². The highest BCUT2D eigenvalue weighted by Crippen LogP contribution is 2.34. The number of unbranched alkanes of at least 4 members (excludes halogenated alkanes) is 1. The summed E-state index contributed by atoms with van der Waals surface area (Å²) in [6.45, 7) is 4.75. The van der Waals surface area contributed by atoms with Crippen LogP contribution in [0, 0.1) is 6.92 Å². The first-order valence-corrected chi connectivity index (χ1v) is 12.6. The zero-order valence-electron chi connectivity index (χ0n) is 18.2. The smallest absolute Gasteiger partial charge is 0.258 e. The second-order valence-electron chi connectivity index (χ2n) is 7.84. The molecular formula is C24H26N4O2S2.